The lowest BCUT2D eigenvalue weighted by Crippen LogP contribution is -2.29. The molecule has 98 valence electrons. The molecule has 0 saturated carbocycles. The van der Waals surface area contributed by atoms with Gasteiger partial charge in [0.05, 0.1) is 12.2 Å². The Kier molecular flexibility index (Phi) is 4.21. The maximum atomic E-state index is 6.12. The quantitative estimate of drug-likeness (QED) is 0.650. The van der Waals surface area contributed by atoms with Crippen molar-refractivity contribution in [3.8, 4) is 0 Å². The van der Waals surface area contributed by atoms with E-state index >= 15 is 0 Å². The molecule has 0 aliphatic rings. The molecule has 2 rings (SSSR count). The topological polar surface area (TPSA) is 55.3 Å². The van der Waals surface area contributed by atoms with Crippen molar-refractivity contribution in [1.29, 1.82) is 0 Å². The Morgan fingerprint density at radius 2 is 1.68 bits per heavy atom. The van der Waals surface area contributed by atoms with Gasteiger partial charge in [-0.3, -0.25) is 0 Å². The molecule has 0 aromatic heterocycles. The molecule has 4 N–H and O–H groups in total. The molecule has 0 bridgehead atoms. The zero-order valence-electron chi connectivity index (χ0n) is 11.1. The molecule has 3 nitrogen and oxygen atoms in total. The molecular weight excluding hydrogens is 234 g/mol. The first-order chi connectivity index (χ1) is 9.20. The predicted octanol–water partition coefficient (Wildman–Crippen LogP) is 2.63. The average Bonchev–Trinajstić information content (AvgIpc) is 2.43. The van der Waals surface area contributed by atoms with Crippen LogP contribution in [0.25, 0.3) is 5.70 Å². The third-order valence-corrected chi connectivity index (χ3v) is 3.01. The fourth-order valence-electron chi connectivity index (χ4n) is 1.95. The maximum absolute atomic E-state index is 6.12. The van der Waals surface area contributed by atoms with Gasteiger partial charge >= 0.3 is 0 Å². The van der Waals surface area contributed by atoms with E-state index in [1.165, 1.54) is 5.56 Å². The summed E-state index contributed by atoms with van der Waals surface area (Å²) in [6.07, 6.45) is 1.55. The normalized spacial score (nSPS) is 11.4. The van der Waals surface area contributed by atoms with Crippen LogP contribution in [0.5, 0.6) is 0 Å². The van der Waals surface area contributed by atoms with Crippen LogP contribution >= 0.6 is 0 Å². The second-order valence-corrected chi connectivity index (χ2v) is 4.53. The van der Waals surface area contributed by atoms with E-state index in [4.69, 9.17) is 11.6 Å². The first-order valence-corrected chi connectivity index (χ1v) is 6.26. The molecule has 0 fully saturated rings. The van der Waals surface area contributed by atoms with Crippen LogP contribution in [0.15, 0.2) is 60.8 Å². The lowest BCUT2D eigenvalue weighted by molar-refractivity contribution is 0.409. The number of hydrogen-bond donors (Lipinski definition) is 2. The SMILES string of the molecule is Cc1ccc(/C(=C/N)N(N)Cc2ccccc2)cc1. The first kappa shape index (κ1) is 13.2. The zero-order chi connectivity index (χ0) is 13.7. The van der Waals surface area contributed by atoms with Gasteiger partial charge in [-0.1, -0.05) is 60.2 Å². The van der Waals surface area contributed by atoms with E-state index in [2.05, 4.69) is 19.1 Å². The highest BCUT2D eigenvalue weighted by Crippen LogP contribution is 2.18. The molecule has 2 aromatic rings. The maximum Gasteiger partial charge on any atom is 0.0747 e. The van der Waals surface area contributed by atoms with Gasteiger partial charge in [0.1, 0.15) is 0 Å². The monoisotopic (exact) mass is 253 g/mol. The van der Waals surface area contributed by atoms with Crippen molar-refractivity contribution in [3.05, 3.63) is 77.5 Å². The van der Waals surface area contributed by atoms with E-state index in [1.54, 1.807) is 11.2 Å². The van der Waals surface area contributed by atoms with Crippen LogP contribution in [0.4, 0.5) is 0 Å². The smallest absolute Gasteiger partial charge is 0.0747 e. The van der Waals surface area contributed by atoms with Gasteiger partial charge in [0, 0.05) is 11.8 Å². The highest BCUT2D eigenvalue weighted by atomic mass is 15.4. The highest BCUT2D eigenvalue weighted by molar-refractivity contribution is 5.63. The van der Waals surface area contributed by atoms with E-state index in [9.17, 15) is 0 Å². The molecule has 0 spiro atoms. The molecule has 0 atom stereocenters. The number of rotatable bonds is 4. The van der Waals surface area contributed by atoms with Crippen LogP contribution in [0.3, 0.4) is 0 Å². The lowest BCUT2D eigenvalue weighted by Gasteiger charge is -2.22. The average molecular weight is 253 g/mol. The number of nitrogens with zero attached hydrogens (tertiary/aromatic N) is 1. The van der Waals surface area contributed by atoms with Gasteiger partial charge in [-0.15, -0.1) is 0 Å². The number of nitrogens with two attached hydrogens (primary N) is 2. The van der Waals surface area contributed by atoms with Gasteiger partial charge in [0.2, 0.25) is 0 Å². The van der Waals surface area contributed by atoms with Crippen molar-refractivity contribution < 1.29 is 0 Å². The van der Waals surface area contributed by atoms with Gasteiger partial charge in [-0.2, -0.15) is 0 Å². The summed E-state index contributed by atoms with van der Waals surface area (Å²) in [7, 11) is 0. The molecule has 0 aliphatic heterocycles. The van der Waals surface area contributed by atoms with Gasteiger partial charge in [-0.05, 0) is 12.5 Å². The summed E-state index contributed by atoms with van der Waals surface area (Å²) >= 11 is 0. The lowest BCUT2D eigenvalue weighted by atomic mass is 10.1. The fraction of sp³-hybridized carbons (Fsp3) is 0.125. The molecule has 19 heavy (non-hydrogen) atoms. The van der Waals surface area contributed by atoms with Gasteiger partial charge in [0.25, 0.3) is 0 Å². The second-order valence-electron chi connectivity index (χ2n) is 4.53. The number of hydrogen-bond acceptors (Lipinski definition) is 3. The molecule has 0 heterocycles. The highest BCUT2D eigenvalue weighted by Gasteiger charge is 2.08. The zero-order valence-corrected chi connectivity index (χ0v) is 11.1. The molecule has 0 saturated heterocycles. The summed E-state index contributed by atoms with van der Waals surface area (Å²) in [5, 5.41) is 1.67. The summed E-state index contributed by atoms with van der Waals surface area (Å²) in [5.41, 5.74) is 9.92. The minimum absolute atomic E-state index is 0.623. The molecule has 0 radical (unpaired) electrons. The van der Waals surface area contributed by atoms with Crippen LogP contribution < -0.4 is 11.6 Å². The fourth-order valence-corrected chi connectivity index (χ4v) is 1.95. The van der Waals surface area contributed by atoms with Crippen molar-refractivity contribution >= 4 is 5.70 Å². The van der Waals surface area contributed by atoms with Gasteiger partial charge < -0.3 is 10.7 Å². The number of benzene rings is 2. The third kappa shape index (κ3) is 3.36. The Balaban J connectivity index is 2.16. The van der Waals surface area contributed by atoms with Crippen molar-refractivity contribution in [3.63, 3.8) is 0 Å². The Morgan fingerprint density at radius 3 is 2.26 bits per heavy atom. The van der Waals surface area contributed by atoms with E-state index < -0.39 is 0 Å². The Hall–Kier alpha value is -2.26. The molecule has 0 aliphatic carbocycles. The summed E-state index contributed by atoms with van der Waals surface area (Å²) in [4.78, 5) is 0. The summed E-state index contributed by atoms with van der Waals surface area (Å²) in [6, 6.07) is 18.2. The molecule has 0 unspecified atom stereocenters. The van der Waals surface area contributed by atoms with Crippen LogP contribution in [0.1, 0.15) is 16.7 Å². The van der Waals surface area contributed by atoms with Crippen LogP contribution in [0.2, 0.25) is 0 Å². The Labute approximate surface area is 114 Å². The van der Waals surface area contributed by atoms with Crippen molar-refractivity contribution in [2.75, 3.05) is 0 Å². The minimum Gasteiger partial charge on any atom is -0.403 e. The molecule has 3 heteroatoms. The minimum atomic E-state index is 0.623. The predicted molar refractivity (Wildman–Crippen MR) is 79.5 cm³/mol. The summed E-state index contributed by atoms with van der Waals surface area (Å²) in [6.45, 7) is 2.68. The van der Waals surface area contributed by atoms with Crippen molar-refractivity contribution in [1.82, 2.24) is 5.01 Å². The standard InChI is InChI=1S/C16H19N3/c1-13-7-9-15(10-8-13)16(11-17)19(18)12-14-5-3-2-4-6-14/h2-11H,12,17-18H2,1H3/b16-11-. The van der Waals surface area contributed by atoms with Crippen LogP contribution in [0, 0.1) is 6.92 Å². The summed E-state index contributed by atoms with van der Waals surface area (Å²) in [5.74, 6) is 6.12. The van der Waals surface area contributed by atoms with Crippen LogP contribution in [-0.2, 0) is 6.54 Å². The Bertz CT molecular complexity index is 544. The van der Waals surface area contributed by atoms with E-state index in [1.807, 2.05) is 42.5 Å². The number of aryl methyl sites for hydroxylation is 1. The van der Waals surface area contributed by atoms with Gasteiger partial charge in [0.15, 0.2) is 0 Å². The molecule has 2 aromatic carbocycles. The third-order valence-electron chi connectivity index (χ3n) is 3.01. The largest absolute Gasteiger partial charge is 0.403 e. The first-order valence-electron chi connectivity index (χ1n) is 6.26. The van der Waals surface area contributed by atoms with E-state index in [0.717, 1.165) is 16.8 Å². The van der Waals surface area contributed by atoms with Crippen molar-refractivity contribution in [2.45, 2.75) is 13.5 Å². The molecular formula is C16H19N3. The molecule has 0 amide bonds. The Morgan fingerprint density at radius 1 is 1.05 bits per heavy atom. The van der Waals surface area contributed by atoms with E-state index in [0.29, 0.717) is 6.54 Å². The number of hydrazine groups is 1. The van der Waals surface area contributed by atoms with Gasteiger partial charge in [-0.25, -0.2) is 5.84 Å². The van der Waals surface area contributed by atoms with E-state index in [-0.39, 0.29) is 0 Å². The summed E-state index contributed by atoms with van der Waals surface area (Å²) < 4.78 is 0. The second kappa shape index (κ2) is 6.07. The van der Waals surface area contributed by atoms with Crippen molar-refractivity contribution in [2.24, 2.45) is 11.6 Å². The van der Waals surface area contributed by atoms with Crippen LogP contribution in [-0.4, -0.2) is 5.01 Å².